The van der Waals surface area contributed by atoms with Crippen molar-refractivity contribution in [2.45, 2.75) is 297 Å². The molecule has 0 rings (SSSR count). The minimum Gasteiger partial charge on any atom is -0.462 e. The second-order valence-corrected chi connectivity index (χ2v) is 19.2. The third-order valence-corrected chi connectivity index (χ3v) is 12.5. The van der Waals surface area contributed by atoms with E-state index in [1.165, 1.54) is 154 Å². The third kappa shape index (κ3) is 53.9. The van der Waals surface area contributed by atoms with Gasteiger partial charge in [-0.05, 0) is 83.5 Å². The average molecular weight is 938 g/mol. The number of hydrogen-bond donors (Lipinski definition) is 0. The van der Waals surface area contributed by atoms with Crippen LogP contribution in [0, 0.1) is 0 Å². The van der Waals surface area contributed by atoms with Crippen molar-refractivity contribution in [1.29, 1.82) is 0 Å². The quantitative estimate of drug-likeness (QED) is 0.0262. The number of carbonyl (C=O) groups excluding carboxylic acids is 3. The number of unbranched alkanes of at least 4 members (excludes halogenated alkanes) is 31. The van der Waals surface area contributed by atoms with E-state index in [9.17, 15) is 14.4 Å². The van der Waals surface area contributed by atoms with Gasteiger partial charge in [0.1, 0.15) is 13.2 Å². The summed E-state index contributed by atoms with van der Waals surface area (Å²) in [6.45, 7) is 6.52. The highest BCUT2D eigenvalue weighted by Crippen LogP contribution is 2.16. The molecule has 0 fully saturated rings. The molecule has 0 amide bonds. The van der Waals surface area contributed by atoms with Crippen LogP contribution in [0.2, 0.25) is 0 Å². The number of rotatable bonds is 52. The SMILES string of the molecule is CC/C=C\C/C=C\C/C=C\CCCCCCCCCC(=O)OCC(COC(=O)CCCCCCCCCCCCCCCCC)OC(=O)CCCCCCCCC/C=C\C/C=C\CCCCC. The van der Waals surface area contributed by atoms with Gasteiger partial charge in [-0.15, -0.1) is 0 Å². The van der Waals surface area contributed by atoms with Gasteiger partial charge in [0.15, 0.2) is 6.10 Å². The fourth-order valence-corrected chi connectivity index (χ4v) is 8.19. The summed E-state index contributed by atoms with van der Waals surface area (Å²) in [6.07, 6.45) is 69.2. The van der Waals surface area contributed by atoms with Crippen LogP contribution in [0.25, 0.3) is 0 Å². The number of hydrogen-bond acceptors (Lipinski definition) is 6. The summed E-state index contributed by atoms with van der Waals surface area (Å²) < 4.78 is 16.9. The first-order chi connectivity index (χ1) is 33.0. The summed E-state index contributed by atoms with van der Waals surface area (Å²) >= 11 is 0. The summed E-state index contributed by atoms with van der Waals surface area (Å²) in [5.74, 6) is -0.884. The number of allylic oxidation sites excluding steroid dienone is 10. The molecule has 388 valence electrons. The van der Waals surface area contributed by atoms with E-state index in [1.54, 1.807) is 0 Å². The summed E-state index contributed by atoms with van der Waals surface area (Å²) in [7, 11) is 0. The van der Waals surface area contributed by atoms with E-state index in [2.05, 4.69) is 81.5 Å². The number of ether oxygens (including phenoxy) is 3. The van der Waals surface area contributed by atoms with Crippen LogP contribution in [0.3, 0.4) is 0 Å². The fraction of sp³-hybridized carbons (Fsp3) is 0.787. The van der Waals surface area contributed by atoms with Gasteiger partial charge in [0, 0.05) is 19.3 Å². The van der Waals surface area contributed by atoms with Crippen molar-refractivity contribution in [2.75, 3.05) is 13.2 Å². The first-order valence-corrected chi connectivity index (χ1v) is 28.8. The lowest BCUT2D eigenvalue weighted by Gasteiger charge is -2.18. The normalized spacial score (nSPS) is 12.5. The Balaban J connectivity index is 4.39. The van der Waals surface area contributed by atoms with E-state index in [-0.39, 0.29) is 31.1 Å². The zero-order chi connectivity index (χ0) is 48.6. The zero-order valence-corrected chi connectivity index (χ0v) is 44.4. The minimum absolute atomic E-state index is 0.0781. The summed E-state index contributed by atoms with van der Waals surface area (Å²) in [4.78, 5) is 38.2. The first-order valence-electron chi connectivity index (χ1n) is 28.8. The monoisotopic (exact) mass is 937 g/mol. The molecule has 0 radical (unpaired) electrons. The average Bonchev–Trinajstić information content (AvgIpc) is 3.33. The van der Waals surface area contributed by atoms with Crippen molar-refractivity contribution < 1.29 is 28.6 Å². The predicted octanol–water partition coefficient (Wildman–Crippen LogP) is 19.2. The molecule has 0 aromatic heterocycles. The molecule has 6 heteroatoms. The Labute approximate surface area is 415 Å². The van der Waals surface area contributed by atoms with Gasteiger partial charge < -0.3 is 14.2 Å². The highest BCUT2D eigenvalue weighted by molar-refractivity contribution is 5.71. The molecule has 0 aliphatic rings. The Morgan fingerprint density at radius 2 is 0.582 bits per heavy atom. The van der Waals surface area contributed by atoms with E-state index in [1.807, 2.05) is 0 Å². The maximum atomic E-state index is 12.9. The van der Waals surface area contributed by atoms with Gasteiger partial charge in [-0.3, -0.25) is 14.4 Å². The van der Waals surface area contributed by atoms with Gasteiger partial charge in [0.2, 0.25) is 0 Å². The largest absolute Gasteiger partial charge is 0.462 e. The highest BCUT2D eigenvalue weighted by atomic mass is 16.6. The molecule has 0 aromatic rings. The standard InChI is InChI=1S/C61H108O6/c1-4-7-10-13-16-19-22-25-28-30-33-36-39-42-45-48-51-54-60(63)66-57-58(56-65-59(62)53-50-47-44-41-38-35-32-27-24-21-18-15-12-9-6-3)67-61(64)55-52-49-46-43-40-37-34-31-29-26-23-20-17-14-11-8-5-2/h7,10,16-17,19-20,25-26,28-29,58H,4-6,8-9,11-15,18,21-24,27,30-57H2,1-3H3/b10-7-,19-16-,20-17-,28-25-,29-26-. The van der Waals surface area contributed by atoms with E-state index in [0.717, 1.165) is 96.3 Å². The Morgan fingerprint density at radius 1 is 0.313 bits per heavy atom. The molecule has 1 atom stereocenters. The summed E-state index contributed by atoms with van der Waals surface area (Å²) in [6, 6.07) is 0. The van der Waals surface area contributed by atoms with Gasteiger partial charge in [-0.1, -0.05) is 248 Å². The van der Waals surface area contributed by atoms with E-state index in [0.29, 0.717) is 19.3 Å². The van der Waals surface area contributed by atoms with Crippen molar-refractivity contribution in [3.8, 4) is 0 Å². The molecule has 0 aromatic carbocycles. The van der Waals surface area contributed by atoms with Crippen molar-refractivity contribution in [3.63, 3.8) is 0 Å². The molecule has 0 aliphatic heterocycles. The Hall–Kier alpha value is -2.89. The molecule has 0 spiro atoms. The second kappa shape index (κ2) is 55.7. The van der Waals surface area contributed by atoms with Crippen molar-refractivity contribution in [2.24, 2.45) is 0 Å². The molecule has 0 heterocycles. The van der Waals surface area contributed by atoms with Gasteiger partial charge >= 0.3 is 17.9 Å². The molecular formula is C61H108O6. The molecule has 6 nitrogen and oxygen atoms in total. The molecule has 0 saturated heterocycles. The third-order valence-electron chi connectivity index (χ3n) is 12.5. The smallest absolute Gasteiger partial charge is 0.306 e. The van der Waals surface area contributed by atoms with Crippen LogP contribution in [-0.4, -0.2) is 37.2 Å². The Morgan fingerprint density at radius 3 is 0.940 bits per heavy atom. The summed E-state index contributed by atoms with van der Waals surface area (Å²) in [5.41, 5.74) is 0. The topological polar surface area (TPSA) is 78.9 Å². The lowest BCUT2D eigenvalue weighted by atomic mass is 10.0. The van der Waals surface area contributed by atoms with Crippen LogP contribution in [-0.2, 0) is 28.6 Å². The molecule has 1 unspecified atom stereocenters. The van der Waals surface area contributed by atoms with Crippen molar-refractivity contribution in [3.05, 3.63) is 60.8 Å². The molecule has 0 aliphatic carbocycles. The minimum atomic E-state index is -0.781. The lowest BCUT2D eigenvalue weighted by molar-refractivity contribution is -0.167. The van der Waals surface area contributed by atoms with Gasteiger partial charge in [0.05, 0.1) is 0 Å². The molecule has 0 bridgehead atoms. The number of esters is 3. The maximum Gasteiger partial charge on any atom is 0.306 e. The van der Waals surface area contributed by atoms with Gasteiger partial charge in [0.25, 0.3) is 0 Å². The fourth-order valence-electron chi connectivity index (χ4n) is 8.19. The van der Waals surface area contributed by atoms with E-state index in [4.69, 9.17) is 14.2 Å². The predicted molar refractivity (Wildman–Crippen MR) is 288 cm³/mol. The van der Waals surface area contributed by atoms with Crippen LogP contribution in [0.15, 0.2) is 60.8 Å². The van der Waals surface area contributed by atoms with Gasteiger partial charge in [-0.25, -0.2) is 0 Å². The highest BCUT2D eigenvalue weighted by Gasteiger charge is 2.19. The zero-order valence-electron chi connectivity index (χ0n) is 44.4. The first kappa shape index (κ1) is 64.1. The maximum absolute atomic E-state index is 12.9. The molecule has 67 heavy (non-hydrogen) atoms. The Bertz CT molecular complexity index is 1210. The molecular weight excluding hydrogens is 829 g/mol. The van der Waals surface area contributed by atoms with E-state index >= 15 is 0 Å². The van der Waals surface area contributed by atoms with Crippen LogP contribution in [0.1, 0.15) is 290 Å². The molecule has 0 N–H and O–H groups in total. The van der Waals surface area contributed by atoms with Crippen LogP contribution in [0.5, 0.6) is 0 Å². The van der Waals surface area contributed by atoms with Crippen LogP contribution in [0.4, 0.5) is 0 Å². The van der Waals surface area contributed by atoms with Crippen LogP contribution >= 0.6 is 0 Å². The molecule has 0 saturated carbocycles. The second-order valence-electron chi connectivity index (χ2n) is 19.2. The van der Waals surface area contributed by atoms with Gasteiger partial charge in [-0.2, -0.15) is 0 Å². The number of carbonyl (C=O) groups is 3. The summed E-state index contributed by atoms with van der Waals surface area (Å²) in [5, 5.41) is 0. The van der Waals surface area contributed by atoms with Crippen LogP contribution < -0.4 is 0 Å². The van der Waals surface area contributed by atoms with Crippen molar-refractivity contribution >= 4 is 17.9 Å². The Kier molecular flexibility index (Phi) is 53.3. The van der Waals surface area contributed by atoms with E-state index < -0.39 is 6.10 Å². The van der Waals surface area contributed by atoms with Crippen molar-refractivity contribution in [1.82, 2.24) is 0 Å². The lowest BCUT2D eigenvalue weighted by Crippen LogP contribution is -2.30.